The van der Waals surface area contributed by atoms with E-state index >= 15 is 0 Å². The third-order valence-electron chi connectivity index (χ3n) is 4.83. The zero-order chi connectivity index (χ0) is 22.0. The van der Waals surface area contributed by atoms with E-state index in [0.29, 0.717) is 22.9 Å². The normalized spacial score (nSPS) is 13.9. The molecule has 31 heavy (non-hydrogen) atoms. The van der Waals surface area contributed by atoms with Crippen molar-refractivity contribution in [1.29, 1.82) is 0 Å². The van der Waals surface area contributed by atoms with E-state index in [4.69, 9.17) is 16.3 Å². The standard InChI is InChI=1S/C22H19ClN4O4/c1-14(21(29)27-13-20(28)25-18-8-4-5-9-19(18)27)31-22(30)16-10-24-26(12-16)11-15-6-2-3-7-17(15)23/h2-10,12,14H,11,13H2,1H3,(H,25,28). The number of halogens is 1. The number of nitrogens with one attached hydrogen (secondary N) is 1. The highest BCUT2D eigenvalue weighted by Crippen LogP contribution is 2.29. The fraction of sp³-hybridized carbons (Fsp3) is 0.182. The number of amides is 2. The molecule has 2 heterocycles. The number of rotatable bonds is 5. The molecule has 9 heteroatoms. The van der Waals surface area contributed by atoms with Crippen LogP contribution < -0.4 is 10.2 Å². The van der Waals surface area contributed by atoms with Crippen LogP contribution in [0.3, 0.4) is 0 Å². The summed E-state index contributed by atoms with van der Waals surface area (Å²) in [5.74, 6) is -1.48. The molecule has 4 rings (SSSR count). The summed E-state index contributed by atoms with van der Waals surface area (Å²) in [5.41, 5.74) is 2.16. The molecule has 2 aromatic carbocycles. The van der Waals surface area contributed by atoms with Crippen LogP contribution in [0.5, 0.6) is 0 Å². The van der Waals surface area contributed by atoms with Crippen molar-refractivity contribution in [2.45, 2.75) is 19.6 Å². The molecule has 0 bridgehead atoms. The molecule has 0 saturated heterocycles. The number of fused-ring (bicyclic) bond motifs is 1. The lowest BCUT2D eigenvalue weighted by molar-refractivity contribution is -0.128. The molecular formula is C22H19ClN4O4. The Morgan fingerprint density at radius 3 is 2.74 bits per heavy atom. The van der Waals surface area contributed by atoms with Crippen molar-refractivity contribution in [3.63, 3.8) is 0 Å². The van der Waals surface area contributed by atoms with Gasteiger partial charge in [-0.3, -0.25) is 19.2 Å². The van der Waals surface area contributed by atoms with Gasteiger partial charge >= 0.3 is 5.97 Å². The van der Waals surface area contributed by atoms with E-state index in [1.807, 2.05) is 18.2 Å². The van der Waals surface area contributed by atoms with E-state index in [0.717, 1.165) is 5.56 Å². The first-order valence-electron chi connectivity index (χ1n) is 9.59. The van der Waals surface area contributed by atoms with Crippen molar-refractivity contribution in [2.75, 3.05) is 16.8 Å². The van der Waals surface area contributed by atoms with E-state index in [1.165, 1.54) is 24.2 Å². The molecule has 8 nitrogen and oxygen atoms in total. The Kier molecular flexibility index (Phi) is 5.73. The molecule has 0 spiro atoms. The molecule has 1 N–H and O–H groups in total. The SMILES string of the molecule is CC(OC(=O)c1cnn(Cc2ccccc2Cl)c1)C(=O)N1CC(=O)Nc2ccccc21. The Morgan fingerprint density at radius 1 is 1.19 bits per heavy atom. The molecule has 0 fully saturated rings. The molecule has 0 saturated carbocycles. The first-order valence-corrected chi connectivity index (χ1v) is 9.97. The topological polar surface area (TPSA) is 93.5 Å². The highest BCUT2D eigenvalue weighted by Gasteiger charge is 2.31. The van der Waals surface area contributed by atoms with Gasteiger partial charge in [0.2, 0.25) is 5.91 Å². The van der Waals surface area contributed by atoms with Gasteiger partial charge in [-0.1, -0.05) is 41.9 Å². The van der Waals surface area contributed by atoms with Crippen LogP contribution in [0, 0.1) is 0 Å². The maximum absolute atomic E-state index is 12.9. The monoisotopic (exact) mass is 438 g/mol. The molecule has 1 atom stereocenters. The van der Waals surface area contributed by atoms with Gasteiger partial charge in [-0.2, -0.15) is 5.10 Å². The summed E-state index contributed by atoms with van der Waals surface area (Å²) in [5, 5.41) is 7.48. The minimum Gasteiger partial charge on any atom is -0.449 e. The van der Waals surface area contributed by atoms with Crippen molar-refractivity contribution >= 4 is 40.8 Å². The fourth-order valence-corrected chi connectivity index (χ4v) is 3.48. The smallest absolute Gasteiger partial charge is 0.342 e. The largest absolute Gasteiger partial charge is 0.449 e. The summed E-state index contributed by atoms with van der Waals surface area (Å²) in [6, 6.07) is 14.3. The van der Waals surface area contributed by atoms with Gasteiger partial charge in [-0.25, -0.2) is 4.79 Å². The Bertz CT molecular complexity index is 1160. The number of anilines is 2. The van der Waals surface area contributed by atoms with Gasteiger partial charge in [0, 0.05) is 11.2 Å². The van der Waals surface area contributed by atoms with Gasteiger partial charge in [0.1, 0.15) is 6.54 Å². The number of esters is 1. The van der Waals surface area contributed by atoms with Gasteiger partial charge in [0.05, 0.1) is 29.7 Å². The second-order valence-corrected chi connectivity index (χ2v) is 7.46. The van der Waals surface area contributed by atoms with Crippen molar-refractivity contribution in [1.82, 2.24) is 9.78 Å². The van der Waals surface area contributed by atoms with Crippen LogP contribution >= 0.6 is 11.6 Å². The van der Waals surface area contributed by atoms with E-state index in [9.17, 15) is 14.4 Å². The lowest BCUT2D eigenvalue weighted by atomic mass is 10.1. The van der Waals surface area contributed by atoms with Crippen LogP contribution in [0.25, 0.3) is 0 Å². The minimum absolute atomic E-state index is 0.145. The average molecular weight is 439 g/mol. The second-order valence-electron chi connectivity index (χ2n) is 7.06. The second kappa shape index (κ2) is 8.61. The van der Waals surface area contributed by atoms with Crippen molar-refractivity contribution in [3.05, 3.63) is 77.1 Å². The molecule has 158 valence electrons. The van der Waals surface area contributed by atoms with Gasteiger partial charge in [0.15, 0.2) is 6.10 Å². The van der Waals surface area contributed by atoms with Gasteiger partial charge in [-0.05, 0) is 30.7 Å². The number of carbonyl (C=O) groups is 3. The molecule has 0 radical (unpaired) electrons. The summed E-state index contributed by atoms with van der Waals surface area (Å²) in [6.07, 6.45) is 1.82. The predicted molar refractivity (Wildman–Crippen MR) is 115 cm³/mol. The Labute approximate surface area is 183 Å². The van der Waals surface area contributed by atoms with E-state index in [-0.39, 0.29) is 18.0 Å². The molecule has 1 aliphatic heterocycles. The third kappa shape index (κ3) is 4.44. The molecular weight excluding hydrogens is 420 g/mol. The summed E-state index contributed by atoms with van der Waals surface area (Å²) in [6.45, 7) is 1.72. The number of para-hydroxylation sites is 2. The molecule has 2 amide bonds. The Hall–Kier alpha value is -3.65. The zero-order valence-corrected chi connectivity index (χ0v) is 17.4. The number of nitrogens with zero attached hydrogens (tertiary/aromatic N) is 3. The molecule has 1 aromatic heterocycles. The summed E-state index contributed by atoms with van der Waals surface area (Å²) in [7, 11) is 0. The van der Waals surface area contributed by atoms with Crippen molar-refractivity contribution in [3.8, 4) is 0 Å². The molecule has 1 aliphatic rings. The van der Waals surface area contributed by atoms with Gasteiger partial charge in [0.25, 0.3) is 5.91 Å². The van der Waals surface area contributed by atoms with Crippen LogP contribution in [0.15, 0.2) is 60.9 Å². The molecule has 0 aliphatic carbocycles. The van der Waals surface area contributed by atoms with Crippen LogP contribution in [0.2, 0.25) is 5.02 Å². The van der Waals surface area contributed by atoms with Gasteiger partial charge < -0.3 is 10.1 Å². The van der Waals surface area contributed by atoms with E-state index in [1.54, 1.807) is 35.0 Å². The van der Waals surface area contributed by atoms with Crippen molar-refractivity contribution in [2.24, 2.45) is 0 Å². The van der Waals surface area contributed by atoms with Crippen LogP contribution in [-0.4, -0.2) is 40.2 Å². The van der Waals surface area contributed by atoms with Crippen LogP contribution in [0.4, 0.5) is 11.4 Å². The number of hydrogen-bond acceptors (Lipinski definition) is 5. The third-order valence-corrected chi connectivity index (χ3v) is 5.20. The van der Waals surface area contributed by atoms with E-state index < -0.39 is 18.0 Å². The average Bonchev–Trinajstić information content (AvgIpc) is 3.23. The zero-order valence-electron chi connectivity index (χ0n) is 16.6. The first-order chi connectivity index (χ1) is 14.9. The lowest BCUT2D eigenvalue weighted by Gasteiger charge is -2.30. The van der Waals surface area contributed by atoms with E-state index in [2.05, 4.69) is 10.4 Å². The number of benzene rings is 2. The predicted octanol–water partition coefficient (Wildman–Crippen LogP) is 3.12. The Morgan fingerprint density at radius 2 is 1.94 bits per heavy atom. The molecule has 3 aromatic rings. The quantitative estimate of drug-likeness (QED) is 0.618. The number of ether oxygens (including phenoxy) is 1. The van der Waals surface area contributed by atoms with Crippen molar-refractivity contribution < 1.29 is 19.1 Å². The highest BCUT2D eigenvalue weighted by atomic mass is 35.5. The Balaban J connectivity index is 1.43. The maximum atomic E-state index is 12.9. The van der Waals surface area contributed by atoms with Crippen LogP contribution in [-0.2, 0) is 20.9 Å². The lowest BCUT2D eigenvalue weighted by Crippen LogP contribution is -2.47. The summed E-state index contributed by atoms with van der Waals surface area (Å²) < 4.78 is 6.91. The number of hydrogen-bond donors (Lipinski definition) is 1. The maximum Gasteiger partial charge on any atom is 0.342 e. The number of aromatic nitrogens is 2. The first kappa shape index (κ1) is 20.6. The highest BCUT2D eigenvalue weighted by molar-refractivity contribution is 6.31. The minimum atomic E-state index is -1.08. The molecule has 1 unspecified atom stereocenters. The van der Waals surface area contributed by atoms with Crippen LogP contribution in [0.1, 0.15) is 22.8 Å². The number of carbonyl (C=O) groups excluding carboxylic acids is 3. The summed E-state index contributed by atoms with van der Waals surface area (Å²) >= 11 is 6.16. The summed E-state index contributed by atoms with van der Waals surface area (Å²) in [4.78, 5) is 38.7. The van der Waals surface area contributed by atoms with Gasteiger partial charge in [-0.15, -0.1) is 0 Å². The fourth-order valence-electron chi connectivity index (χ4n) is 3.28.